The summed E-state index contributed by atoms with van der Waals surface area (Å²) in [6.07, 6.45) is 0. The summed E-state index contributed by atoms with van der Waals surface area (Å²) in [5, 5.41) is 11.3. The molecule has 0 heterocycles. The first-order chi connectivity index (χ1) is 12.5. The second-order valence-electron chi connectivity index (χ2n) is 9.32. The van der Waals surface area contributed by atoms with Crippen LogP contribution in [0.4, 0.5) is 0 Å². The van der Waals surface area contributed by atoms with Crippen molar-refractivity contribution >= 4 is 0 Å². The molecular formula is C26H38O. The molecule has 2 aromatic carbocycles. The van der Waals surface area contributed by atoms with Gasteiger partial charge in [-0.15, -0.1) is 0 Å². The van der Waals surface area contributed by atoms with Crippen molar-refractivity contribution in [2.24, 2.45) is 0 Å². The Kier molecular flexibility index (Phi) is 6.45. The number of hydrogen-bond acceptors (Lipinski definition) is 1. The maximum Gasteiger partial charge on any atom is 0.126 e. The van der Waals surface area contributed by atoms with Gasteiger partial charge in [0, 0.05) is 5.56 Å². The van der Waals surface area contributed by atoms with Gasteiger partial charge >= 0.3 is 0 Å². The van der Waals surface area contributed by atoms with Crippen molar-refractivity contribution in [1.29, 1.82) is 0 Å². The highest BCUT2D eigenvalue weighted by Crippen LogP contribution is 2.45. The Morgan fingerprint density at radius 2 is 1.04 bits per heavy atom. The monoisotopic (exact) mass is 366 g/mol. The van der Waals surface area contributed by atoms with Crippen LogP contribution in [-0.4, -0.2) is 5.11 Å². The molecule has 0 atom stereocenters. The van der Waals surface area contributed by atoms with E-state index in [0.717, 1.165) is 11.1 Å². The quantitative estimate of drug-likeness (QED) is 0.565. The zero-order valence-corrected chi connectivity index (χ0v) is 19.0. The molecule has 0 aromatic heterocycles. The van der Waals surface area contributed by atoms with E-state index in [1.807, 2.05) is 0 Å². The van der Waals surface area contributed by atoms with Gasteiger partial charge in [0.1, 0.15) is 5.75 Å². The molecule has 0 spiro atoms. The molecule has 0 fully saturated rings. The van der Waals surface area contributed by atoms with E-state index in [1.54, 1.807) is 0 Å². The lowest BCUT2D eigenvalue weighted by Crippen LogP contribution is -2.05. The molecule has 0 saturated carbocycles. The second kappa shape index (κ2) is 8.09. The molecule has 0 bridgehead atoms. The SMILES string of the molecule is Cc1cc(-c2c(C(C)C)cc(C(C)C)c(C)c2O)c(C(C)C)cc1C(C)C. The molecule has 1 nitrogen and oxygen atoms in total. The Morgan fingerprint density at radius 1 is 0.593 bits per heavy atom. The van der Waals surface area contributed by atoms with E-state index >= 15 is 0 Å². The Labute approximate surface area is 166 Å². The Balaban J connectivity index is 2.93. The van der Waals surface area contributed by atoms with Crippen LogP contribution < -0.4 is 0 Å². The van der Waals surface area contributed by atoms with Gasteiger partial charge in [0.15, 0.2) is 0 Å². The highest BCUT2D eigenvalue weighted by atomic mass is 16.3. The summed E-state index contributed by atoms with van der Waals surface area (Å²) in [6, 6.07) is 7.00. The predicted octanol–water partition coefficient (Wildman–Crippen LogP) is 8.17. The van der Waals surface area contributed by atoms with Gasteiger partial charge in [-0.1, -0.05) is 73.6 Å². The molecule has 0 radical (unpaired) electrons. The maximum atomic E-state index is 11.3. The summed E-state index contributed by atoms with van der Waals surface area (Å²) < 4.78 is 0. The molecule has 1 heteroatoms. The zero-order valence-electron chi connectivity index (χ0n) is 19.0. The number of phenols is 1. The fourth-order valence-corrected chi connectivity index (χ4v) is 4.21. The fraction of sp³-hybridized carbons (Fsp3) is 0.538. The minimum absolute atomic E-state index is 0.356. The molecule has 1 N–H and O–H groups in total. The molecule has 2 aromatic rings. The smallest absolute Gasteiger partial charge is 0.126 e. The fourth-order valence-electron chi connectivity index (χ4n) is 4.21. The molecule has 0 unspecified atom stereocenters. The minimum atomic E-state index is 0.356. The Bertz CT molecular complexity index is 823. The van der Waals surface area contributed by atoms with E-state index in [2.05, 4.69) is 87.4 Å². The van der Waals surface area contributed by atoms with Crippen LogP contribution in [0, 0.1) is 13.8 Å². The molecule has 27 heavy (non-hydrogen) atoms. The number of aryl methyl sites for hydroxylation is 1. The minimum Gasteiger partial charge on any atom is -0.507 e. The van der Waals surface area contributed by atoms with Crippen LogP contribution in [0.5, 0.6) is 5.75 Å². The summed E-state index contributed by atoms with van der Waals surface area (Å²) in [6.45, 7) is 22.1. The van der Waals surface area contributed by atoms with Crippen LogP contribution >= 0.6 is 0 Å². The van der Waals surface area contributed by atoms with Crippen LogP contribution in [0.2, 0.25) is 0 Å². The normalized spacial score (nSPS) is 12.1. The largest absolute Gasteiger partial charge is 0.507 e. The van der Waals surface area contributed by atoms with Gasteiger partial charge in [-0.25, -0.2) is 0 Å². The molecule has 0 aliphatic heterocycles. The lowest BCUT2D eigenvalue weighted by atomic mass is 9.80. The highest BCUT2D eigenvalue weighted by molar-refractivity contribution is 5.80. The lowest BCUT2D eigenvalue weighted by molar-refractivity contribution is 0.470. The summed E-state index contributed by atoms with van der Waals surface area (Å²) in [5.74, 6) is 2.12. The van der Waals surface area contributed by atoms with Gasteiger partial charge in [-0.05, 0) is 76.5 Å². The lowest BCUT2D eigenvalue weighted by Gasteiger charge is -2.25. The number of aromatic hydroxyl groups is 1. The first-order valence-corrected chi connectivity index (χ1v) is 10.5. The van der Waals surface area contributed by atoms with Gasteiger partial charge in [0.05, 0.1) is 0 Å². The van der Waals surface area contributed by atoms with Crippen LogP contribution in [0.1, 0.15) is 112 Å². The van der Waals surface area contributed by atoms with Gasteiger partial charge in [-0.3, -0.25) is 0 Å². The van der Waals surface area contributed by atoms with E-state index in [-0.39, 0.29) is 0 Å². The van der Waals surface area contributed by atoms with E-state index in [0.29, 0.717) is 29.4 Å². The number of rotatable bonds is 5. The van der Waals surface area contributed by atoms with Crippen LogP contribution in [-0.2, 0) is 0 Å². The van der Waals surface area contributed by atoms with E-state index < -0.39 is 0 Å². The molecule has 0 amide bonds. The van der Waals surface area contributed by atoms with Crippen molar-refractivity contribution in [3.05, 3.63) is 51.6 Å². The average molecular weight is 367 g/mol. The molecule has 2 rings (SSSR count). The van der Waals surface area contributed by atoms with Crippen molar-refractivity contribution in [1.82, 2.24) is 0 Å². The first kappa shape index (κ1) is 21.5. The summed E-state index contributed by atoms with van der Waals surface area (Å²) >= 11 is 0. The molecule has 148 valence electrons. The average Bonchev–Trinajstić information content (AvgIpc) is 2.55. The molecule has 0 aliphatic rings. The standard InChI is InChI=1S/C26H38O/c1-14(2)20-12-22(16(5)6)24(11-18(20)9)25-23(17(7)8)13-21(15(3)4)19(10)26(25)27/h11-17,27H,1-10H3. The van der Waals surface area contributed by atoms with E-state index in [9.17, 15) is 5.11 Å². The van der Waals surface area contributed by atoms with Gasteiger partial charge in [0.25, 0.3) is 0 Å². The molecule has 0 aliphatic carbocycles. The van der Waals surface area contributed by atoms with Crippen LogP contribution in [0.15, 0.2) is 18.2 Å². The Hall–Kier alpha value is -1.76. The van der Waals surface area contributed by atoms with Gasteiger partial charge in [-0.2, -0.15) is 0 Å². The third-order valence-corrected chi connectivity index (χ3v) is 5.82. The third kappa shape index (κ3) is 4.08. The van der Waals surface area contributed by atoms with Crippen molar-refractivity contribution in [3.63, 3.8) is 0 Å². The zero-order chi connectivity index (χ0) is 20.6. The molecular weight excluding hydrogens is 328 g/mol. The highest BCUT2D eigenvalue weighted by Gasteiger charge is 2.23. The van der Waals surface area contributed by atoms with Crippen molar-refractivity contribution in [3.8, 4) is 16.9 Å². The number of benzene rings is 2. The predicted molar refractivity (Wildman–Crippen MR) is 119 cm³/mol. The summed E-state index contributed by atoms with van der Waals surface area (Å²) in [5.41, 5.74) is 9.80. The van der Waals surface area contributed by atoms with Crippen LogP contribution in [0.25, 0.3) is 11.1 Å². The number of phenolic OH excluding ortho intramolecular Hbond substituents is 1. The van der Waals surface area contributed by atoms with Crippen molar-refractivity contribution in [2.75, 3.05) is 0 Å². The molecule has 0 saturated heterocycles. The maximum absolute atomic E-state index is 11.3. The number of hydrogen-bond donors (Lipinski definition) is 1. The summed E-state index contributed by atoms with van der Waals surface area (Å²) in [7, 11) is 0. The van der Waals surface area contributed by atoms with E-state index in [1.165, 1.54) is 33.4 Å². The third-order valence-electron chi connectivity index (χ3n) is 5.82. The Morgan fingerprint density at radius 3 is 1.48 bits per heavy atom. The van der Waals surface area contributed by atoms with Crippen molar-refractivity contribution < 1.29 is 5.11 Å². The van der Waals surface area contributed by atoms with Gasteiger partial charge < -0.3 is 5.11 Å². The second-order valence-corrected chi connectivity index (χ2v) is 9.32. The summed E-state index contributed by atoms with van der Waals surface area (Å²) in [4.78, 5) is 0. The first-order valence-electron chi connectivity index (χ1n) is 10.5. The van der Waals surface area contributed by atoms with E-state index in [4.69, 9.17) is 0 Å². The van der Waals surface area contributed by atoms with Gasteiger partial charge in [0.2, 0.25) is 0 Å². The van der Waals surface area contributed by atoms with Crippen molar-refractivity contribution in [2.45, 2.75) is 92.9 Å². The topological polar surface area (TPSA) is 20.2 Å². The van der Waals surface area contributed by atoms with Crippen LogP contribution in [0.3, 0.4) is 0 Å².